The summed E-state index contributed by atoms with van der Waals surface area (Å²) in [4.78, 5) is 16.4. The molecular formula is C15H30N2O3. The summed E-state index contributed by atoms with van der Waals surface area (Å²) in [7, 11) is 0. The first-order valence-corrected chi connectivity index (χ1v) is 7.88. The third kappa shape index (κ3) is 6.09. The van der Waals surface area contributed by atoms with E-state index in [1.54, 1.807) is 0 Å². The molecule has 0 atom stereocenters. The van der Waals surface area contributed by atoms with E-state index in [2.05, 4.69) is 6.92 Å². The number of hydrogen-bond acceptors (Lipinski definition) is 3. The SMILES string of the molecule is CCOCCN(CCOCC)C(=O)N1CCC(C)CC1. The van der Waals surface area contributed by atoms with Crippen molar-refractivity contribution >= 4 is 6.03 Å². The van der Waals surface area contributed by atoms with E-state index in [9.17, 15) is 4.79 Å². The zero-order valence-electron chi connectivity index (χ0n) is 13.3. The normalized spacial score (nSPS) is 16.4. The molecule has 118 valence electrons. The highest BCUT2D eigenvalue weighted by molar-refractivity contribution is 5.74. The number of hydrogen-bond donors (Lipinski definition) is 0. The highest BCUT2D eigenvalue weighted by Gasteiger charge is 2.24. The van der Waals surface area contributed by atoms with Gasteiger partial charge in [-0.15, -0.1) is 0 Å². The van der Waals surface area contributed by atoms with Crippen molar-refractivity contribution in [2.45, 2.75) is 33.6 Å². The number of ether oxygens (including phenoxy) is 2. The summed E-state index contributed by atoms with van der Waals surface area (Å²) in [5, 5.41) is 0. The molecule has 0 aromatic heterocycles. The molecular weight excluding hydrogens is 256 g/mol. The second-order valence-corrected chi connectivity index (χ2v) is 5.33. The molecule has 1 saturated heterocycles. The van der Waals surface area contributed by atoms with Crippen molar-refractivity contribution in [2.24, 2.45) is 5.92 Å². The maximum Gasteiger partial charge on any atom is 0.320 e. The molecule has 0 aliphatic carbocycles. The first-order valence-electron chi connectivity index (χ1n) is 7.88. The maximum atomic E-state index is 12.5. The van der Waals surface area contributed by atoms with Gasteiger partial charge in [-0.05, 0) is 32.6 Å². The molecule has 1 aliphatic heterocycles. The van der Waals surface area contributed by atoms with Gasteiger partial charge in [0, 0.05) is 39.4 Å². The van der Waals surface area contributed by atoms with Crippen molar-refractivity contribution in [2.75, 3.05) is 52.6 Å². The third-order valence-electron chi connectivity index (χ3n) is 3.74. The second kappa shape index (κ2) is 10.00. The van der Waals surface area contributed by atoms with Crippen LogP contribution >= 0.6 is 0 Å². The number of nitrogens with zero attached hydrogens (tertiary/aromatic N) is 2. The van der Waals surface area contributed by atoms with Crippen molar-refractivity contribution in [3.63, 3.8) is 0 Å². The van der Waals surface area contributed by atoms with E-state index < -0.39 is 0 Å². The number of piperidine rings is 1. The van der Waals surface area contributed by atoms with Gasteiger partial charge in [0.2, 0.25) is 0 Å². The Morgan fingerprint density at radius 2 is 1.60 bits per heavy atom. The molecule has 0 N–H and O–H groups in total. The van der Waals surface area contributed by atoms with Gasteiger partial charge in [0.15, 0.2) is 0 Å². The fourth-order valence-electron chi connectivity index (χ4n) is 2.34. The van der Waals surface area contributed by atoms with Crippen LogP contribution in [0, 0.1) is 5.92 Å². The summed E-state index contributed by atoms with van der Waals surface area (Å²) in [6, 6.07) is 0.135. The Bertz CT molecular complexity index is 256. The molecule has 1 fully saturated rings. The van der Waals surface area contributed by atoms with Crippen LogP contribution in [-0.4, -0.2) is 68.4 Å². The number of amides is 2. The number of carbonyl (C=O) groups excluding carboxylic acids is 1. The summed E-state index contributed by atoms with van der Waals surface area (Å²) in [5.74, 6) is 0.736. The van der Waals surface area contributed by atoms with E-state index in [-0.39, 0.29) is 6.03 Å². The predicted molar refractivity (Wildman–Crippen MR) is 79.9 cm³/mol. The smallest absolute Gasteiger partial charge is 0.320 e. The second-order valence-electron chi connectivity index (χ2n) is 5.33. The van der Waals surface area contributed by atoms with Crippen LogP contribution < -0.4 is 0 Å². The average Bonchev–Trinajstić information content (AvgIpc) is 2.46. The summed E-state index contributed by atoms with van der Waals surface area (Å²) in [5.41, 5.74) is 0. The molecule has 2 amide bonds. The summed E-state index contributed by atoms with van der Waals surface area (Å²) in [6.07, 6.45) is 2.22. The standard InChI is InChI=1S/C15H30N2O3/c1-4-19-12-10-17(11-13-20-5-2)15(18)16-8-6-14(3)7-9-16/h14H,4-13H2,1-3H3. The van der Waals surface area contributed by atoms with Gasteiger partial charge in [-0.2, -0.15) is 0 Å². The molecule has 0 unspecified atom stereocenters. The van der Waals surface area contributed by atoms with Gasteiger partial charge in [0.25, 0.3) is 0 Å². The van der Waals surface area contributed by atoms with Crippen molar-refractivity contribution < 1.29 is 14.3 Å². The Kier molecular flexibility index (Phi) is 8.62. The Labute approximate surface area is 123 Å². The Morgan fingerprint density at radius 1 is 1.10 bits per heavy atom. The molecule has 1 heterocycles. The Balaban J connectivity index is 2.44. The van der Waals surface area contributed by atoms with E-state index in [4.69, 9.17) is 9.47 Å². The first-order chi connectivity index (χ1) is 9.69. The minimum atomic E-state index is 0.135. The molecule has 0 spiro atoms. The minimum Gasteiger partial charge on any atom is -0.380 e. The molecule has 0 saturated carbocycles. The number of urea groups is 1. The van der Waals surface area contributed by atoms with Crippen LogP contribution in [0.3, 0.4) is 0 Å². The van der Waals surface area contributed by atoms with E-state index in [1.165, 1.54) is 0 Å². The predicted octanol–water partition coefficient (Wildman–Crippen LogP) is 2.21. The van der Waals surface area contributed by atoms with Gasteiger partial charge in [-0.1, -0.05) is 6.92 Å². The van der Waals surface area contributed by atoms with E-state index in [1.807, 2.05) is 23.6 Å². The van der Waals surface area contributed by atoms with E-state index in [0.717, 1.165) is 31.8 Å². The van der Waals surface area contributed by atoms with Crippen LogP contribution in [0.25, 0.3) is 0 Å². The van der Waals surface area contributed by atoms with Crippen LogP contribution in [-0.2, 0) is 9.47 Å². The highest BCUT2D eigenvalue weighted by atomic mass is 16.5. The molecule has 1 rings (SSSR count). The molecule has 0 aromatic rings. The molecule has 5 nitrogen and oxygen atoms in total. The maximum absolute atomic E-state index is 12.5. The zero-order valence-corrected chi connectivity index (χ0v) is 13.3. The average molecular weight is 286 g/mol. The van der Waals surface area contributed by atoms with Crippen LogP contribution in [0.1, 0.15) is 33.6 Å². The van der Waals surface area contributed by atoms with Gasteiger partial charge in [0.05, 0.1) is 13.2 Å². The molecule has 1 aliphatic rings. The fraction of sp³-hybridized carbons (Fsp3) is 0.933. The monoisotopic (exact) mass is 286 g/mol. The number of carbonyl (C=O) groups is 1. The van der Waals surface area contributed by atoms with Crippen LogP contribution in [0.4, 0.5) is 4.79 Å². The van der Waals surface area contributed by atoms with E-state index >= 15 is 0 Å². The summed E-state index contributed by atoms with van der Waals surface area (Å²) < 4.78 is 10.7. The molecule has 0 bridgehead atoms. The molecule has 5 heteroatoms. The van der Waals surface area contributed by atoms with Gasteiger partial charge in [-0.25, -0.2) is 4.79 Å². The molecule has 20 heavy (non-hydrogen) atoms. The van der Waals surface area contributed by atoms with Gasteiger partial charge >= 0.3 is 6.03 Å². The minimum absolute atomic E-state index is 0.135. The van der Waals surface area contributed by atoms with Gasteiger partial charge in [0.1, 0.15) is 0 Å². The van der Waals surface area contributed by atoms with Gasteiger partial charge in [-0.3, -0.25) is 0 Å². The first kappa shape index (κ1) is 17.2. The lowest BCUT2D eigenvalue weighted by Crippen LogP contribution is -2.48. The number of rotatable bonds is 8. The third-order valence-corrected chi connectivity index (χ3v) is 3.74. The lowest BCUT2D eigenvalue weighted by molar-refractivity contribution is 0.0764. The summed E-state index contributed by atoms with van der Waals surface area (Å²) >= 11 is 0. The fourth-order valence-corrected chi connectivity index (χ4v) is 2.34. The van der Waals surface area contributed by atoms with Crippen molar-refractivity contribution in [3.8, 4) is 0 Å². The Morgan fingerprint density at radius 3 is 2.05 bits per heavy atom. The van der Waals surface area contributed by atoms with Crippen molar-refractivity contribution in [1.29, 1.82) is 0 Å². The zero-order chi connectivity index (χ0) is 14.8. The van der Waals surface area contributed by atoms with Gasteiger partial charge < -0.3 is 19.3 Å². The van der Waals surface area contributed by atoms with E-state index in [0.29, 0.717) is 39.5 Å². The number of likely N-dealkylation sites (tertiary alicyclic amines) is 1. The van der Waals surface area contributed by atoms with Crippen molar-refractivity contribution in [3.05, 3.63) is 0 Å². The highest BCUT2D eigenvalue weighted by Crippen LogP contribution is 2.17. The van der Waals surface area contributed by atoms with Crippen LogP contribution in [0.5, 0.6) is 0 Å². The molecule has 0 radical (unpaired) electrons. The summed E-state index contributed by atoms with van der Waals surface area (Å²) in [6.45, 7) is 11.8. The quantitative estimate of drug-likeness (QED) is 0.643. The largest absolute Gasteiger partial charge is 0.380 e. The topological polar surface area (TPSA) is 42.0 Å². The lowest BCUT2D eigenvalue weighted by atomic mass is 10.00. The lowest BCUT2D eigenvalue weighted by Gasteiger charge is -2.35. The van der Waals surface area contributed by atoms with Crippen LogP contribution in [0.15, 0.2) is 0 Å². The Hall–Kier alpha value is -0.810. The van der Waals surface area contributed by atoms with Crippen LogP contribution in [0.2, 0.25) is 0 Å². The van der Waals surface area contributed by atoms with Crippen molar-refractivity contribution in [1.82, 2.24) is 9.80 Å². The molecule has 0 aromatic carbocycles.